The highest BCUT2D eigenvalue weighted by Crippen LogP contribution is 2.28. The van der Waals surface area contributed by atoms with Crippen molar-refractivity contribution in [2.75, 3.05) is 23.6 Å². The van der Waals surface area contributed by atoms with Crippen LogP contribution < -0.4 is 4.72 Å². The van der Waals surface area contributed by atoms with Crippen molar-refractivity contribution < 1.29 is 18.0 Å². The van der Waals surface area contributed by atoms with E-state index in [2.05, 4.69) is 9.62 Å². The Morgan fingerprint density at radius 3 is 2.57 bits per heavy atom. The predicted octanol–water partition coefficient (Wildman–Crippen LogP) is 2.92. The lowest BCUT2D eigenvalue weighted by molar-refractivity contribution is -0.113. The molecule has 1 aliphatic carbocycles. The van der Waals surface area contributed by atoms with Gasteiger partial charge < -0.3 is 0 Å². The maximum Gasteiger partial charge on any atom is 0.232 e. The van der Waals surface area contributed by atoms with E-state index >= 15 is 0 Å². The number of likely N-dealkylation sites (tertiary alicyclic amines) is 1. The van der Waals surface area contributed by atoms with Crippen LogP contribution in [0.2, 0.25) is 0 Å². The van der Waals surface area contributed by atoms with E-state index in [0.717, 1.165) is 37.9 Å². The number of allylic oxidation sites excluding steroid dienone is 4. The van der Waals surface area contributed by atoms with Gasteiger partial charge in [-0.2, -0.15) is 0 Å². The molecule has 150 valence electrons. The van der Waals surface area contributed by atoms with Gasteiger partial charge in [-0.3, -0.25) is 19.2 Å². The molecule has 0 bridgehead atoms. The van der Waals surface area contributed by atoms with E-state index in [1.807, 2.05) is 13.0 Å². The van der Waals surface area contributed by atoms with Crippen LogP contribution in [-0.2, 0) is 26.2 Å². The van der Waals surface area contributed by atoms with Crippen molar-refractivity contribution in [3.8, 4) is 0 Å². The SMILES string of the molecule is CCCCS(=O)(=O)Nc1cc(C2=CC(=O)C=CC2=O)ccc1CN1CCCC1. The summed E-state index contributed by atoms with van der Waals surface area (Å²) in [5.74, 6) is -0.452. The minimum absolute atomic E-state index is 0.0553. The molecule has 0 radical (unpaired) electrons. The average molecular weight is 403 g/mol. The zero-order valence-electron chi connectivity index (χ0n) is 16.1. The zero-order chi connectivity index (χ0) is 20.1. The molecule has 1 saturated heterocycles. The summed E-state index contributed by atoms with van der Waals surface area (Å²) < 4.78 is 27.7. The lowest BCUT2D eigenvalue weighted by Crippen LogP contribution is -2.22. The van der Waals surface area contributed by atoms with Crippen LogP contribution in [0.25, 0.3) is 5.57 Å². The van der Waals surface area contributed by atoms with Gasteiger partial charge in [0.25, 0.3) is 0 Å². The highest BCUT2D eigenvalue weighted by atomic mass is 32.2. The summed E-state index contributed by atoms with van der Waals surface area (Å²) >= 11 is 0. The minimum Gasteiger partial charge on any atom is -0.299 e. The molecular formula is C21H26N2O4S. The van der Waals surface area contributed by atoms with Crippen LogP contribution in [0.4, 0.5) is 5.69 Å². The number of unbranched alkanes of at least 4 members (excludes halogenated alkanes) is 1. The average Bonchev–Trinajstić information content (AvgIpc) is 3.16. The van der Waals surface area contributed by atoms with Gasteiger partial charge >= 0.3 is 0 Å². The first-order valence-corrected chi connectivity index (χ1v) is 11.4. The number of hydrogen-bond donors (Lipinski definition) is 1. The molecule has 1 aromatic carbocycles. The largest absolute Gasteiger partial charge is 0.299 e. The number of benzene rings is 1. The number of anilines is 1. The van der Waals surface area contributed by atoms with Gasteiger partial charge in [0, 0.05) is 12.1 Å². The monoisotopic (exact) mass is 402 g/mol. The molecule has 0 saturated carbocycles. The Morgan fingerprint density at radius 2 is 1.86 bits per heavy atom. The first kappa shape index (κ1) is 20.5. The van der Waals surface area contributed by atoms with Crippen LogP contribution in [0.3, 0.4) is 0 Å². The van der Waals surface area contributed by atoms with Crippen LogP contribution in [0.1, 0.15) is 43.7 Å². The molecule has 1 aliphatic heterocycles. The van der Waals surface area contributed by atoms with Gasteiger partial charge in [0.1, 0.15) is 0 Å². The predicted molar refractivity (Wildman–Crippen MR) is 110 cm³/mol. The molecule has 0 aromatic heterocycles. The Balaban J connectivity index is 1.94. The summed E-state index contributed by atoms with van der Waals surface area (Å²) in [4.78, 5) is 26.2. The number of ketones is 2. The van der Waals surface area contributed by atoms with Crippen molar-refractivity contribution in [1.82, 2.24) is 4.90 Å². The number of hydrogen-bond acceptors (Lipinski definition) is 5. The van der Waals surface area contributed by atoms with Crippen molar-refractivity contribution >= 4 is 32.9 Å². The normalized spacial score (nSPS) is 17.8. The first-order valence-electron chi connectivity index (χ1n) is 9.72. The second-order valence-corrected chi connectivity index (χ2v) is 9.13. The van der Waals surface area contributed by atoms with E-state index in [1.165, 1.54) is 18.2 Å². The van der Waals surface area contributed by atoms with Crippen LogP contribution in [0.15, 0.2) is 36.4 Å². The smallest absolute Gasteiger partial charge is 0.232 e. The third-order valence-electron chi connectivity index (χ3n) is 5.00. The maximum atomic E-state index is 12.5. The number of nitrogens with one attached hydrogen (secondary N) is 1. The molecular weight excluding hydrogens is 376 g/mol. The second-order valence-electron chi connectivity index (χ2n) is 7.29. The third kappa shape index (κ3) is 5.17. The van der Waals surface area contributed by atoms with E-state index in [1.54, 1.807) is 12.1 Å². The first-order chi connectivity index (χ1) is 13.4. The summed E-state index contributed by atoms with van der Waals surface area (Å²) in [6.07, 6.45) is 7.45. The third-order valence-corrected chi connectivity index (χ3v) is 6.35. The van der Waals surface area contributed by atoms with Crippen molar-refractivity contribution in [1.29, 1.82) is 0 Å². The summed E-state index contributed by atoms with van der Waals surface area (Å²) in [5, 5.41) is 0. The lowest BCUT2D eigenvalue weighted by atomic mass is 9.95. The van der Waals surface area contributed by atoms with Crippen molar-refractivity contribution in [2.24, 2.45) is 0 Å². The number of carbonyl (C=O) groups excluding carboxylic acids is 2. The van der Waals surface area contributed by atoms with Crippen LogP contribution in [0, 0.1) is 0 Å². The lowest BCUT2D eigenvalue weighted by Gasteiger charge is -2.20. The van der Waals surface area contributed by atoms with Crippen molar-refractivity contribution in [3.05, 3.63) is 47.6 Å². The summed E-state index contributed by atoms with van der Waals surface area (Å²) in [7, 11) is -3.48. The minimum atomic E-state index is -3.48. The van der Waals surface area contributed by atoms with Gasteiger partial charge in [-0.05, 0) is 67.8 Å². The maximum absolute atomic E-state index is 12.5. The molecule has 0 amide bonds. The molecule has 2 aliphatic rings. The topological polar surface area (TPSA) is 83.5 Å². The van der Waals surface area contributed by atoms with Gasteiger partial charge in [0.15, 0.2) is 11.6 Å². The van der Waals surface area contributed by atoms with E-state index in [4.69, 9.17) is 0 Å². The molecule has 3 rings (SSSR count). The quantitative estimate of drug-likeness (QED) is 0.676. The molecule has 0 atom stereocenters. The molecule has 28 heavy (non-hydrogen) atoms. The van der Waals surface area contributed by atoms with Gasteiger partial charge in [0.05, 0.1) is 11.4 Å². The second kappa shape index (κ2) is 8.84. The molecule has 6 nitrogen and oxygen atoms in total. The van der Waals surface area contributed by atoms with Gasteiger partial charge in [-0.25, -0.2) is 8.42 Å². The zero-order valence-corrected chi connectivity index (χ0v) is 16.9. The molecule has 1 fully saturated rings. The van der Waals surface area contributed by atoms with Crippen LogP contribution >= 0.6 is 0 Å². The molecule has 7 heteroatoms. The number of carbonyl (C=O) groups is 2. The number of sulfonamides is 1. The Morgan fingerprint density at radius 1 is 1.11 bits per heavy atom. The highest BCUT2D eigenvalue weighted by molar-refractivity contribution is 7.92. The summed E-state index contributed by atoms with van der Waals surface area (Å²) in [5.41, 5.74) is 2.18. The molecule has 1 aromatic rings. The van der Waals surface area contributed by atoms with E-state index in [-0.39, 0.29) is 22.9 Å². The number of rotatable bonds is 8. The van der Waals surface area contributed by atoms with Gasteiger partial charge in [0.2, 0.25) is 10.0 Å². The highest BCUT2D eigenvalue weighted by Gasteiger charge is 2.20. The number of nitrogens with zero attached hydrogens (tertiary/aromatic N) is 1. The summed E-state index contributed by atoms with van der Waals surface area (Å²) in [6.45, 7) is 4.58. The van der Waals surface area contributed by atoms with Crippen molar-refractivity contribution in [3.63, 3.8) is 0 Å². The van der Waals surface area contributed by atoms with Crippen LogP contribution in [0.5, 0.6) is 0 Å². The van der Waals surface area contributed by atoms with Crippen LogP contribution in [-0.4, -0.2) is 43.7 Å². The molecule has 1 N–H and O–H groups in total. The Bertz CT molecular complexity index is 926. The van der Waals surface area contributed by atoms with Gasteiger partial charge in [-0.1, -0.05) is 25.5 Å². The molecule has 0 unspecified atom stereocenters. The molecule has 0 spiro atoms. The Hall–Kier alpha value is -2.25. The van der Waals surface area contributed by atoms with Crippen molar-refractivity contribution in [2.45, 2.75) is 39.2 Å². The fourth-order valence-electron chi connectivity index (χ4n) is 3.45. The van der Waals surface area contributed by atoms with E-state index < -0.39 is 10.0 Å². The standard InChI is InChI=1S/C21H26N2O4S/c1-2-3-12-28(26,27)22-20-13-16(19-14-18(24)8-9-21(19)25)6-7-17(20)15-23-10-4-5-11-23/h6-9,13-14,22H,2-5,10-12,15H2,1H3. The van der Waals surface area contributed by atoms with E-state index in [0.29, 0.717) is 24.2 Å². The fraction of sp³-hybridized carbons (Fsp3) is 0.429. The summed E-state index contributed by atoms with van der Waals surface area (Å²) in [6, 6.07) is 5.30. The fourth-order valence-corrected chi connectivity index (χ4v) is 4.74. The Labute approximate surface area is 166 Å². The Kier molecular flexibility index (Phi) is 6.46. The van der Waals surface area contributed by atoms with E-state index in [9.17, 15) is 18.0 Å². The van der Waals surface area contributed by atoms with Gasteiger partial charge in [-0.15, -0.1) is 0 Å². The molecule has 1 heterocycles.